The van der Waals surface area contributed by atoms with Crippen molar-refractivity contribution in [3.63, 3.8) is 0 Å². The largest absolute Gasteiger partial charge is 0.481 e. The van der Waals surface area contributed by atoms with Crippen LogP contribution in [0.1, 0.15) is 25.0 Å². The number of carbonyl (C=O) groups is 1. The van der Waals surface area contributed by atoms with Crippen molar-refractivity contribution < 1.29 is 9.53 Å². The second-order valence-corrected chi connectivity index (χ2v) is 5.98. The minimum atomic E-state index is -0.528. The molecule has 0 radical (unpaired) electrons. The van der Waals surface area contributed by atoms with Gasteiger partial charge in [0.05, 0.1) is 0 Å². The number of nitrogens with zero attached hydrogens (tertiary/aromatic N) is 1. The number of likely N-dealkylation sites (N-methyl/N-ethyl adjacent to an activating group) is 1. The van der Waals surface area contributed by atoms with Gasteiger partial charge in [-0.05, 0) is 42.7 Å². The Balaban J connectivity index is 1.99. The van der Waals surface area contributed by atoms with Crippen molar-refractivity contribution in [1.29, 1.82) is 0 Å². The minimum Gasteiger partial charge on any atom is -0.481 e. The lowest BCUT2D eigenvalue weighted by Gasteiger charge is -2.23. The van der Waals surface area contributed by atoms with Gasteiger partial charge in [-0.1, -0.05) is 48.9 Å². The van der Waals surface area contributed by atoms with Crippen LogP contribution >= 0.6 is 11.6 Å². The van der Waals surface area contributed by atoms with Crippen LogP contribution in [0, 0.1) is 0 Å². The number of hydrogen-bond acceptors (Lipinski definition) is 2. The number of benzene rings is 2. The lowest BCUT2D eigenvalue weighted by molar-refractivity contribution is -0.137. The molecule has 0 unspecified atom stereocenters. The molecule has 0 saturated carbocycles. The summed E-state index contributed by atoms with van der Waals surface area (Å²) in [6, 6.07) is 15.3. The fourth-order valence-electron chi connectivity index (χ4n) is 2.40. The number of hydrogen-bond donors (Lipinski definition) is 0. The van der Waals surface area contributed by atoms with Crippen LogP contribution in [0.2, 0.25) is 5.02 Å². The first kappa shape index (κ1) is 17.4. The van der Waals surface area contributed by atoms with Crippen molar-refractivity contribution in [2.45, 2.75) is 32.9 Å². The molecule has 0 aliphatic carbocycles. The summed E-state index contributed by atoms with van der Waals surface area (Å²) in [7, 11) is 1.78. The standard InChI is InChI=1S/C19H22ClNO2/c1-4-16-7-5-6-8-18(16)23-14(2)19(22)21(3)13-15-9-11-17(20)12-10-15/h5-12,14H,4,13H2,1-3H3/t14-/m0/s1. The van der Waals surface area contributed by atoms with E-state index in [0.29, 0.717) is 11.6 Å². The second kappa shape index (κ2) is 8.02. The zero-order valence-corrected chi connectivity index (χ0v) is 14.5. The molecule has 0 spiro atoms. The number of halogens is 1. The fourth-order valence-corrected chi connectivity index (χ4v) is 2.53. The second-order valence-electron chi connectivity index (χ2n) is 5.54. The molecule has 2 aromatic carbocycles. The van der Waals surface area contributed by atoms with E-state index in [-0.39, 0.29) is 5.91 Å². The van der Waals surface area contributed by atoms with Crippen LogP contribution < -0.4 is 4.74 Å². The lowest BCUT2D eigenvalue weighted by atomic mass is 10.1. The Hall–Kier alpha value is -2.00. The highest BCUT2D eigenvalue weighted by atomic mass is 35.5. The third-order valence-electron chi connectivity index (χ3n) is 3.71. The molecule has 122 valence electrons. The van der Waals surface area contributed by atoms with E-state index >= 15 is 0 Å². The molecule has 2 rings (SSSR count). The maximum Gasteiger partial charge on any atom is 0.263 e. The van der Waals surface area contributed by atoms with Gasteiger partial charge in [0, 0.05) is 18.6 Å². The Morgan fingerprint density at radius 2 is 1.83 bits per heavy atom. The molecule has 0 heterocycles. The molecule has 1 atom stereocenters. The van der Waals surface area contributed by atoms with Gasteiger partial charge >= 0.3 is 0 Å². The zero-order chi connectivity index (χ0) is 16.8. The molecule has 1 amide bonds. The molecule has 4 heteroatoms. The van der Waals surface area contributed by atoms with Gasteiger partial charge in [0.2, 0.25) is 0 Å². The average Bonchev–Trinajstić information content (AvgIpc) is 2.56. The summed E-state index contributed by atoms with van der Waals surface area (Å²) in [5.41, 5.74) is 2.14. The van der Waals surface area contributed by atoms with E-state index in [4.69, 9.17) is 16.3 Å². The molecule has 0 saturated heterocycles. The van der Waals surface area contributed by atoms with Crippen LogP contribution in [-0.2, 0) is 17.8 Å². The molecule has 3 nitrogen and oxygen atoms in total. The van der Waals surface area contributed by atoms with Crippen molar-refractivity contribution in [2.24, 2.45) is 0 Å². The van der Waals surface area contributed by atoms with E-state index in [1.54, 1.807) is 18.9 Å². The smallest absolute Gasteiger partial charge is 0.263 e. The summed E-state index contributed by atoms with van der Waals surface area (Å²) in [4.78, 5) is 14.2. The van der Waals surface area contributed by atoms with Crippen molar-refractivity contribution in [2.75, 3.05) is 7.05 Å². The van der Waals surface area contributed by atoms with Crippen molar-refractivity contribution >= 4 is 17.5 Å². The molecule has 0 N–H and O–H groups in total. The van der Waals surface area contributed by atoms with Crippen LogP contribution in [-0.4, -0.2) is 24.0 Å². The van der Waals surface area contributed by atoms with Gasteiger partial charge in [-0.2, -0.15) is 0 Å². The van der Waals surface area contributed by atoms with E-state index in [2.05, 4.69) is 6.92 Å². The predicted octanol–water partition coefficient (Wildman–Crippen LogP) is 4.33. The van der Waals surface area contributed by atoms with Crippen LogP contribution in [0.5, 0.6) is 5.75 Å². The third-order valence-corrected chi connectivity index (χ3v) is 3.97. The fraction of sp³-hybridized carbons (Fsp3) is 0.316. The van der Waals surface area contributed by atoms with Gasteiger partial charge in [-0.25, -0.2) is 0 Å². The SMILES string of the molecule is CCc1ccccc1O[C@@H](C)C(=O)N(C)Cc1ccc(Cl)cc1. The van der Waals surface area contributed by atoms with Gasteiger partial charge in [0.15, 0.2) is 6.10 Å². The summed E-state index contributed by atoms with van der Waals surface area (Å²) in [5.74, 6) is 0.724. The number of aryl methyl sites for hydroxylation is 1. The number of para-hydroxylation sites is 1. The topological polar surface area (TPSA) is 29.5 Å². The Morgan fingerprint density at radius 3 is 2.48 bits per heavy atom. The molecule has 0 aromatic heterocycles. The summed E-state index contributed by atoms with van der Waals surface area (Å²) >= 11 is 5.88. The Labute approximate surface area is 142 Å². The molecule has 0 aliphatic rings. The first-order valence-corrected chi connectivity index (χ1v) is 8.13. The minimum absolute atomic E-state index is 0.0501. The monoisotopic (exact) mass is 331 g/mol. The van der Waals surface area contributed by atoms with Gasteiger partial charge in [0.1, 0.15) is 5.75 Å². The Kier molecular flexibility index (Phi) is 6.05. The predicted molar refractivity (Wildman–Crippen MR) is 93.8 cm³/mol. The summed E-state index contributed by atoms with van der Waals surface area (Å²) in [5, 5.41) is 0.690. The van der Waals surface area contributed by atoms with Crippen molar-refractivity contribution in [3.8, 4) is 5.75 Å². The molecule has 23 heavy (non-hydrogen) atoms. The highest BCUT2D eigenvalue weighted by molar-refractivity contribution is 6.30. The van der Waals surface area contributed by atoms with Gasteiger partial charge < -0.3 is 9.64 Å². The van der Waals surface area contributed by atoms with Gasteiger partial charge in [-0.3, -0.25) is 4.79 Å². The van der Waals surface area contributed by atoms with Crippen molar-refractivity contribution in [3.05, 3.63) is 64.7 Å². The number of amides is 1. The molecule has 0 aliphatic heterocycles. The first-order valence-electron chi connectivity index (χ1n) is 7.75. The summed E-state index contributed by atoms with van der Waals surface area (Å²) in [6.45, 7) is 4.38. The normalized spacial score (nSPS) is 11.8. The van der Waals surface area contributed by atoms with Crippen LogP contribution in [0.25, 0.3) is 0 Å². The Morgan fingerprint density at radius 1 is 1.17 bits per heavy atom. The number of rotatable bonds is 6. The Bertz CT molecular complexity index is 655. The molecular weight excluding hydrogens is 310 g/mol. The van der Waals surface area contributed by atoms with Crippen LogP contribution in [0.3, 0.4) is 0 Å². The van der Waals surface area contributed by atoms with E-state index in [1.165, 1.54) is 0 Å². The number of carbonyl (C=O) groups excluding carboxylic acids is 1. The lowest BCUT2D eigenvalue weighted by Crippen LogP contribution is -2.37. The van der Waals surface area contributed by atoms with E-state index < -0.39 is 6.10 Å². The molecular formula is C19H22ClNO2. The maximum absolute atomic E-state index is 12.5. The van der Waals surface area contributed by atoms with Crippen LogP contribution in [0.15, 0.2) is 48.5 Å². The van der Waals surface area contributed by atoms with E-state index in [0.717, 1.165) is 23.3 Å². The van der Waals surface area contributed by atoms with E-state index in [9.17, 15) is 4.79 Å². The average molecular weight is 332 g/mol. The van der Waals surface area contributed by atoms with E-state index in [1.807, 2.05) is 48.5 Å². The number of ether oxygens (including phenoxy) is 1. The summed E-state index contributed by atoms with van der Waals surface area (Å²) < 4.78 is 5.86. The van der Waals surface area contributed by atoms with Crippen molar-refractivity contribution in [1.82, 2.24) is 4.90 Å². The van der Waals surface area contributed by atoms with Crippen LogP contribution in [0.4, 0.5) is 0 Å². The highest BCUT2D eigenvalue weighted by Gasteiger charge is 2.20. The third kappa shape index (κ3) is 4.73. The molecule has 0 fully saturated rings. The highest BCUT2D eigenvalue weighted by Crippen LogP contribution is 2.20. The quantitative estimate of drug-likeness (QED) is 0.788. The first-order chi connectivity index (χ1) is 11.0. The summed E-state index contributed by atoms with van der Waals surface area (Å²) in [6.07, 6.45) is 0.345. The van der Waals surface area contributed by atoms with Gasteiger partial charge in [-0.15, -0.1) is 0 Å². The molecule has 0 bridgehead atoms. The van der Waals surface area contributed by atoms with Gasteiger partial charge in [0.25, 0.3) is 5.91 Å². The zero-order valence-electron chi connectivity index (χ0n) is 13.8. The molecule has 2 aromatic rings. The maximum atomic E-state index is 12.5.